The Hall–Kier alpha value is -1.61. The smallest absolute Gasteiger partial charge is 0.122 e. The Bertz CT molecular complexity index is 518. The number of rotatable bonds is 4. The van der Waals surface area contributed by atoms with Crippen molar-refractivity contribution in [2.45, 2.75) is 46.3 Å². The third kappa shape index (κ3) is 4.21. The Balaban J connectivity index is 2.05. The zero-order chi connectivity index (χ0) is 13.9. The number of nitrogens with zero attached hydrogens (tertiary/aromatic N) is 2. The lowest BCUT2D eigenvalue weighted by Crippen LogP contribution is -2.36. The monoisotopic (exact) mass is 257 g/mol. The Kier molecular flexibility index (Phi) is 4.05. The van der Waals surface area contributed by atoms with Crippen LogP contribution in [0, 0.1) is 6.92 Å². The Morgan fingerprint density at radius 1 is 1.16 bits per heavy atom. The summed E-state index contributed by atoms with van der Waals surface area (Å²) in [6, 6.07) is 8.66. The molecule has 0 atom stereocenters. The molecule has 0 bridgehead atoms. The van der Waals surface area contributed by atoms with E-state index < -0.39 is 0 Å². The molecule has 1 aromatic heterocycles. The molecule has 0 fully saturated rings. The molecule has 1 N–H and O–H groups in total. The van der Waals surface area contributed by atoms with Crippen LogP contribution in [0.5, 0.6) is 0 Å². The maximum Gasteiger partial charge on any atom is 0.122 e. The third-order valence-corrected chi connectivity index (χ3v) is 3.05. The van der Waals surface area contributed by atoms with Crippen LogP contribution >= 0.6 is 0 Å². The first kappa shape index (κ1) is 13.8. The highest BCUT2D eigenvalue weighted by molar-refractivity contribution is 5.21. The summed E-state index contributed by atoms with van der Waals surface area (Å²) in [4.78, 5) is 4.43. The van der Waals surface area contributed by atoms with Gasteiger partial charge in [-0.2, -0.15) is 0 Å². The Labute approximate surface area is 115 Å². The van der Waals surface area contributed by atoms with Crippen LogP contribution in [0.4, 0.5) is 0 Å². The van der Waals surface area contributed by atoms with E-state index in [1.54, 1.807) is 0 Å². The van der Waals surface area contributed by atoms with Gasteiger partial charge in [-0.3, -0.25) is 0 Å². The Morgan fingerprint density at radius 3 is 2.47 bits per heavy atom. The summed E-state index contributed by atoms with van der Waals surface area (Å²) < 4.78 is 2.20. The van der Waals surface area contributed by atoms with E-state index in [1.165, 1.54) is 11.1 Å². The third-order valence-electron chi connectivity index (χ3n) is 3.05. The van der Waals surface area contributed by atoms with Gasteiger partial charge < -0.3 is 9.88 Å². The molecule has 0 saturated heterocycles. The lowest BCUT2D eigenvalue weighted by atomic mass is 10.1. The summed E-state index contributed by atoms with van der Waals surface area (Å²) >= 11 is 0. The standard InChI is InChI=1S/C16H23N3/c1-13-5-7-14(8-6-13)12-19-10-9-17-15(19)11-18-16(2,3)4/h5-10,18H,11-12H2,1-4H3. The average Bonchev–Trinajstić information content (AvgIpc) is 2.76. The fourth-order valence-electron chi connectivity index (χ4n) is 1.89. The van der Waals surface area contributed by atoms with Crippen molar-refractivity contribution >= 4 is 0 Å². The predicted molar refractivity (Wildman–Crippen MR) is 79.1 cm³/mol. The molecule has 1 aromatic carbocycles. The van der Waals surface area contributed by atoms with Gasteiger partial charge in [0.25, 0.3) is 0 Å². The first-order valence-corrected chi connectivity index (χ1v) is 6.75. The minimum atomic E-state index is 0.112. The molecule has 2 rings (SSSR count). The second-order valence-electron chi connectivity index (χ2n) is 6.06. The summed E-state index contributed by atoms with van der Waals surface area (Å²) in [6.45, 7) is 10.3. The maximum atomic E-state index is 4.43. The fourth-order valence-corrected chi connectivity index (χ4v) is 1.89. The predicted octanol–water partition coefficient (Wildman–Crippen LogP) is 3.13. The van der Waals surface area contributed by atoms with E-state index in [0.29, 0.717) is 0 Å². The van der Waals surface area contributed by atoms with E-state index in [-0.39, 0.29) is 5.54 Å². The van der Waals surface area contributed by atoms with Crippen molar-refractivity contribution in [3.63, 3.8) is 0 Å². The summed E-state index contributed by atoms with van der Waals surface area (Å²) in [7, 11) is 0. The lowest BCUT2D eigenvalue weighted by Gasteiger charge is -2.20. The van der Waals surface area contributed by atoms with Crippen LogP contribution in [0.25, 0.3) is 0 Å². The van der Waals surface area contributed by atoms with Crippen molar-refractivity contribution in [3.8, 4) is 0 Å². The molecule has 0 aliphatic carbocycles. The first-order valence-electron chi connectivity index (χ1n) is 6.75. The second-order valence-corrected chi connectivity index (χ2v) is 6.06. The van der Waals surface area contributed by atoms with Crippen LogP contribution in [-0.2, 0) is 13.1 Å². The lowest BCUT2D eigenvalue weighted by molar-refractivity contribution is 0.413. The van der Waals surface area contributed by atoms with Crippen molar-refractivity contribution in [2.24, 2.45) is 0 Å². The topological polar surface area (TPSA) is 29.9 Å². The number of hydrogen-bond acceptors (Lipinski definition) is 2. The number of hydrogen-bond donors (Lipinski definition) is 1. The zero-order valence-electron chi connectivity index (χ0n) is 12.3. The molecule has 0 unspecified atom stereocenters. The van der Waals surface area contributed by atoms with Gasteiger partial charge in [0.2, 0.25) is 0 Å². The SMILES string of the molecule is Cc1ccc(Cn2ccnc2CNC(C)(C)C)cc1. The number of aryl methyl sites for hydroxylation is 1. The van der Waals surface area contributed by atoms with Gasteiger partial charge in [-0.05, 0) is 33.3 Å². The van der Waals surface area contributed by atoms with Gasteiger partial charge in [-0.25, -0.2) is 4.98 Å². The summed E-state index contributed by atoms with van der Waals surface area (Å²) in [5.41, 5.74) is 2.71. The van der Waals surface area contributed by atoms with E-state index >= 15 is 0 Å². The molecule has 19 heavy (non-hydrogen) atoms. The van der Waals surface area contributed by atoms with Gasteiger partial charge in [0, 0.05) is 24.5 Å². The zero-order valence-corrected chi connectivity index (χ0v) is 12.3. The summed E-state index contributed by atoms with van der Waals surface area (Å²) in [5, 5.41) is 3.48. The molecule has 0 saturated carbocycles. The van der Waals surface area contributed by atoms with Gasteiger partial charge >= 0.3 is 0 Å². The highest BCUT2D eigenvalue weighted by Gasteiger charge is 2.11. The average molecular weight is 257 g/mol. The molecule has 102 valence electrons. The highest BCUT2D eigenvalue weighted by Crippen LogP contribution is 2.08. The van der Waals surface area contributed by atoms with Crippen molar-refractivity contribution < 1.29 is 0 Å². The van der Waals surface area contributed by atoms with E-state index in [4.69, 9.17) is 0 Å². The molecule has 2 aromatic rings. The van der Waals surface area contributed by atoms with Crippen molar-refractivity contribution in [2.75, 3.05) is 0 Å². The van der Waals surface area contributed by atoms with Gasteiger partial charge in [0.1, 0.15) is 5.82 Å². The number of benzene rings is 1. The van der Waals surface area contributed by atoms with Crippen LogP contribution in [0.2, 0.25) is 0 Å². The Morgan fingerprint density at radius 2 is 1.84 bits per heavy atom. The van der Waals surface area contributed by atoms with E-state index in [0.717, 1.165) is 18.9 Å². The fraction of sp³-hybridized carbons (Fsp3) is 0.438. The van der Waals surface area contributed by atoms with Gasteiger partial charge in [0.05, 0.1) is 6.54 Å². The quantitative estimate of drug-likeness (QED) is 0.912. The minimum Gasteiger partial charge on any atom is -0.329 e. The summed E-state index contributed by atoms with van der Waals surface area (Å²) in [6.07, 6.45) is 3.91. The molecule has 0 radical (unpaired) electrons. The van der Waals surface area contributed by atoms with E-state index in [2.05, 4.69) is 66.8 Å². The number of nitrogens with one attached hydrogen (secondary N) is 1. The molecule has 0 aliphatic rings. The molecular weight excluding hydrogens is 234 g/mol. The summed E-state index contributed by atoms with van der Waals surface area (Å²) in [5.74, 6) is 1.08. The van der Waals surface area contributed by atoms with Crippen LogP contribution in [0.15, 0.2) is 36.7 Å². The molecular formula is C16H23N3. The second kappa shape index (κ2) is 5.57. The molecule has 3 heteroatoms. The van der Waals surface area contributed by atoms with E-state index in [9.17, 15) is 0 Å². The molecule has 0 spiro atoms. The first-order chi connectivity index (χ1) is 8.94. The number of aromatic nitrogens is 2. The molecule has 0 amide bonds. The molecule has 0 aliphatic heterocycles. The van der Waals surface area contributed by atoms with Gasteiger partial charge in [0.15, 0.2) is 0 Å². The van der Waals surface area contributed by atoms with Crippen LogP contribution in [0.3, 0.4) is 0 Å². The van der Waals surface area contributed by atoms with Gasteiger partial charge in [-0.1, -0.05) is 29.8 Å². The van der Waals surface area contributed by atoms with Crippen molar-refractivity contribution in [3.05, 3.63) is 53.6 Å². The molecule has 3 nitrogen and oxygen atoms in total. The largest absolute Gasteiger partial charge is 0.329 e. The van der Waals surface area contributed by atoms with Crippen molar-refractivity contribution in [1.29, 1.82) is 0 Å². The number of imidazole rings is 1. The van der Waals surface area contributed by atoms with Crippen LogP contribution in [0.1, 0.15) is 37.7 Å². The molecule has 1 heterocycles. The maximum absolute atomic E-state index is 4.43. The van der Waals surface area contributed by atoms with Crippen LogP contribution < -0.4 is 5.32 Å². The highest BCUT2D eigenvalue weighted by atomic mass is 15.1. The van der Waals surface area contributed by atoms with E-state index in [1.807, 2.05) is 12.4 Å². The van der Waals surface area contributed by atoms with Crippen molar-refractivity contribution in [1.82, 2.24) is 14.9 Å². The normalized spacial score (nSPS) is 11.8. The minimum absolute atomic E-state index is 0.112. The van der Waals surface area contributed by atoms with Gasteiger partial charge in [-0.15, -0.1) is 0 Å². The van der Waals surface area contributed by atoms with Crippen LogP contribution in [-0.4, -0.2) is 15.1 Å².